The maximum absolute atomic E-state index is 13.1. The van der Waals surface area contributed by atoms with Crippen molar-refractivity contribution in [3.05, 3.63) is 60.8 Å². The van der Waals surface area contributed by atoms with Gasteiger partial charge in [-0.15, -0.1) is 0 Å². The number of unbranched alkanes of at least 4 members (excludes halogenated alkanes) is 50. The quantitative estimate of drug-likeness (QED) is 0.0243. The molecule has 0 aromatic heterocycles. The van der Waals surface area contributed by atoms with Gasteiger partial charge >= 0.3 is 7.82 Å². The van der Waals surface area contributed by atoms with Crippen molar-refractivity contribution in [3.63, 3.8) is 0 Å². The summed E-state index contributed by atoms with van der Waals surface area (Å²) in [5.74, 6) is -0.184. The fourth-order valence-corrected chi connectivity index (χ4v) is 12.3. The number of carbonyl (C=O) groups excluding carboxylic acids is 1. The summed E-state index contributed by atoms with van der Waals surface area (Å²) < 4.78 is 23.8. The first kappa shape index (κ1) is 85.2. The number of nitrogens with one attached hydrogen (secondary N) is 1. The second-order valence-electron chi connectivity index (χ2n) is 27.4. The zero-order chi connectivity index (χ0) is 63.4. The molecule has 0 radical (unpaired) electrons. The van der Waals surface area contributed by atoms with Crippen molar-refractivity contribution in [1.29, 1.82) is 0 Å². The molecule has 87 heavy (non-hydrogen) atoms. The van der Waals surface area contributed by atoms with E-state index in [0.717, 1.165) is 51.4 Å². The minimum absolute atomic E-state index is 0.0543. The molecule has 0 saturated carbocycles. The first-order valence-corrected chi connectivity index (χ1v) is 39.7. The van der Waals surface area contributed by atoms with Gasteiger partial charge < -0.3 is 19.8 Å². The predicted octanol–water partition coefficient (Wildman–Crippen LogP) is 24.7. The summed E-state index contributed by atoms with van der Waals surface area (Å²) in [5.41, 5.74) is 0. The average Bonchev–Trinajstić information content (AvgIpc) is 3.71. The van der Waals surface area contributed by atoms with Crippen LogP contribution in [-0.4, -0.2) is 73.4 Å². The molecule has 3 unspecified atom stereocenters. The van der Waals surface area contributed by atoms with Gasteiger partial charge in [-0.25, -0.2) is 4.57 Å². The molecule has 0 fully saturated rings. The minimum Gasteiger partial charge on any atom is -0.387 e. The Kier molecular flexibility index (Phi) is 67.1. The molecular formula is C78H150N2O6P+. The van der Waals surface area contributed by atoms with Crippen molar-refractivity contribution in [2.75, 3.05) is 40.9 Å². The molecule has 0 spiro atoms. The van der Waals surface area contributed by atoms with Crippen LogP contribution in [0.2, 0.25) is 0 Å². The highest BCUT2D eigenvalue weighted by Gasteiger charge is 2.28. The Morgan fingerprint density at radius 3 is 0.989 bits per heavy atom. The van der Waals surface area contributed by atoms with E-state index in [4.69, 9.17) is 9.05 Å². The third-order valence-electron chi connectivity index (χ3n) is 17.4. The van der Waals surface area contributed by atoms with Crippen LogP contribution in [0.3, 0.4) is 0 Å². The number of likely N-dealkylation sites (N-methyl/N-ethyl adjacent to an activating group) is 1. The smallest absolute Gasteiger partial charge is 0.387 e. The predicted molar refractivity (Wildman–Crippen MR) is 383 cm³/mol. The minimum atomic E-state index is -4.37. The molecule has 0 aromatic rings. The number of aliphatic hydroxyl groups excluding tert-OH is 1. The van der Waals surface area contributed by atoms with Crippen molar-refractivity contribution in [3.8, 4) is 0 Å². The maximum Gasteiger partial charge on any atom is 0.472 e. The first-order chi connectivity index (χ1) is 42.5. The Balaban J connectivity index is 3.95. The zero-order valence-electron chi connectivity index (χ0n) is 58.8. The highest BCUT2D eigenvalue weighted by atomic mass is 31.2. The summed E-state index contributed by atoms with van der Waals surface area (Å²) in [6.07, 6.45) is 95.6. The van der Waals surface area contributed by atoms with Gasteiger partial charge in [-0.1, -0.05) is 357 Å². The van der Waals surface area contributed by atoms with E-state index in [1.165, 1.54) is 308 Å². The molecule has 0 aromatic carbocycles. The highest BCUT2D eigenvalue weighted by molar-refractivity contribution is 7.47. The third kappa shape index (κ3) is 71.5. The maximum atomic E-state index is 13.1. The van der Waals surface area contributed by atoms with Crippen molar-refractivity contribution in [1.82, 2.24) is 5.32 Å². The summed E-state index contributed by atoms with van der Waals surface area (Å²) in [7, 11) is 1.56. The van der Waals surface area contributed by atoms with E-state index in [9.17, 15) is 19.4 Å². The van der Waals surface area contributed by atoms with Crippen LogP contribution < -0.4 is 5.32 Å². The molecule has 0 aliphatic rings. The van der Waals surface area contributed by atoms with Gasteiger partial charge in [0.2, 0.25) is 5.91 Å². The van der Waals surface area contributed by atoms with E-state index >= 15 is 0 Å². The summed E-state index contributed by atoms with van der Waals surface area (Å²) in [4.78, 5) is 23.4. The number of amides is 1. The van der Waals surface area contributed by atoms with Crippen LogP contribution in [0.15, 0.2) is 60.8 Å². The molecule has 512 valence electrons. The lowest BCUT2D eigenvalue weighted by Crippen LogP contribution is -2.45. The summed E-state index contributed by atoms with van der Waals surface area (Å²) in [5, 5.41) is 14.0. The third-order valence-corrected chi connectivity index (χ3v) is 18.4. The van der Waals surface area contributed by atoms with Crippen LogP contribution in [-0.2, 0) is 18.4 Å². The Hall–Kier alpha value is -1.80. The molecule has 0 heterocycles. The van der Waals surface area contributed by atoms with Crippen LogP contribution in [0.4, 0.5) is 0 Å². The molecule has 0 aliphatic heterocycles. The van der Waals surface area contributed by atoms with Gasteiger partial charge in [-0.3, -0.25) is 13.8 Å². The number of rotatable bonds is 71. The number of phosphoric ester groups is 1. The van der Waals surface area contributed by atoms with Gasteiger partial charge in [-0.2, -0.15) is 0 Å². The number of quaternary nitrogens is 1. The van der Waals surface area contributed by atoms with E-state index < -0.39 is 20.0 Å². The van der Waals surface area contributed by atoms with Gasteiger partial charge in [0.15, 0.2) is 0 Å². The Morgan fingerprint density at radius 2 is 0.667 bits per heavy atom. The van der Waals surface area contributed by atoms with Crippen molar-refractivity contribution >= 4 is 13.7 Å². The summed E-state index contributed by atoms with van der Waals surface area (Å²) in [6, 6.07) is -0.871. The van der Waals surface area contributed by atoms with Crippen molar-refractivity contribution < 1.29 is 32.9 Å². The lowest BCUT2D eigenvalue weighted by molar-refractivity contribution is -0.870. The molecule has 8 nitrogen and oxygen atoms in total. The fourth-order valence-electron chi connectivity index (χ4n) is 11.5. The number of hydrogen-bond acceptors (Lipinski definition) is 5. The standard InChI is InChI=1S/C78H149N2O6P/c1-6-8-10-12-14-16-18-20-22-24-26-28-30-32-33-34-35-36-37-38-39-40-41-42-43-44-45-46-47-48-50-52-54-56-58-60-62-64-66-68-70-72-78(82)79-76(75-86-87(83,84)85-74-73-80(3,4)5)77(81)71-69-67-65-63-61-59-57-55-53-51-49-31-29-27-25-23-21-19-17-15-13-11-9-7-2/h18,20,24,26,53,55,61,63,69,71,76-77,81H,6-17,19,21-23,25,27-52,54,56-60,62,64-68,70,72-75H2,1-5H3,(H-,79,82,83,84)/p+1/b20-18-,26-24-,55-53+,63-61+,71-69+. The molecule has 3 N–H and O–H groups in total. The van der Waals surface area contributed by atoms with Gasteiger partial charge in [-0.05, 0) is 77.0 Å². The topological polar surface area (TPSA) is 105 Å². The van der Waals surface area contributed by atoms with Crippen LogP contribution >= 0.6 is 7.82 Å². The van der Waals surface area contributed by atoms with Crippen molar-refractivity contribution in [2.45, 2.75) is 392 Å². The van der Waals surface area contributed by atoms with Gasteiger partial charge in [0.1, 0.15) is 13.2 Å². The molecule has 0 saturated heterocycles. The van der Waals surface area contributed by atoms with Gasteiger partial charge in [0.25, 0.3) is 0 Å². The molecule has 1 amide bonds. The van der Waals surface area contributed by atoms with Crippen LogP contribution in [0.5, 0.6) is 0 Å². The van der Waals surface area contributed by atoms with E-state index in [-0.39, 0.29) is 19.1 Å². The van der Waals surface area contributed by atoms with Crippen LogP contribution in [0.25, 0.3) is 0 Å². The number of carbonyl (C=O) groups is 1. The molecule has 9 heteroatoms. The zero-order valence-corrected chi connectivity index (χ0v) is 59.7. The Bertz CT molecular complexity index is 1600. The van der Waals surface area contributed by atoms with E-state index in [2.05, 4.69) is 67.8 Å². The van der Waals surface area contributed by atoms with E-state index in [1.54, 1.807) is 6.08 Å². The summed E-state index contributed by atoms with van der Waals surface area (Å²) in [6.45, 7) is 4.82. The van der Waals surface area contributed by atoms with Gasteiger partial charge in [0, 0.05) is 6.42 Å². The second kappa shape index (κ2) is 68.6. The molecular weight excluding hydrogens is 1090 g/mol. The molecule has 3 atom stereocenters. The normalized spacial score (nSPS) is 13.9. The Morgan fingerprint density at radius 1 is 0.391 bits per heavy atom. The molecule has 0 rings (SSSR count). The second-order valence-corrected chi connectivity index (χ2v) is 28.8. The Labute approximate surface area is 542 Å². The highest BCUT2D eigenvalue weighted by Crippen LogP contribution is 2.43. The first-order valence-electron chi connectivity index (χ1n) is 38.2. The molecule has 0 aliphatic carbocycles. The van der Waals surface area contributed by atoms with Gasteiger partial charge in [0.05, 0.1) is 39.9 Å². The molecule has 0 bridgehead atoms. The average molecular weight is 1240 g/mol. The fraction of sp³-hybridized carbons (Fsp3) is 0.859. The van der Waals surface area contributed by atoms with E-state index in [1.807, 2.05) is 27.2 Å². The number of hydrogen-bond donors (Lipinski definition) is 3. The largest absolute Gasteiger partial charge is 0.472 e. The lowest BCUT2D eigenvalue weighted by Gasteiger charge is -2.25. The van der Waals surface area contributed by atoms with E-state index in [0.29, 0.717) is 17.4 Å². The number of phosphoric acid groups is 1. The van der Waals surface area contributed by atoms with Crippen molar-refractivity contribution in [2.24, 2.45) is 0 Å². The monoisotopic (exact) mass is 1240 g/mol. The lowest BCUT2D eigenvalue weighted by atomic mass is 10.0. The number of nitrogens with zero attached hydrogens (tertiary/aromatic N) is 1. The van der Waals surface area contributed by atoms with Crippen LogP contribution in [0, 0.1) is 0 Å². The van der Waals surface area contributed by atoms with Crippen LogP contribution in [0.1, 0.15) is 380 Å². The number of aliphatic hydroxyl groups is 1. The summed E-state index contributed by atoms with van der Waals surface area (Å²) >= 11 is 0. The number of allylic oxidation sites excluding steroid dienone is 9. The SMILES string of the molecule is CCCCCCC/C=C\C/C=C\CCCCCCCCCCCCCCCCCCCCCCCCCCCCCCCC(=O)NC(COP(=O)(O)OCC[N+](C)(C)C)C(O)/C=C/CC/C=C/CC/C=C/CCCCCCCCCCCCCCCC.